The predicted molar refractivity (Wildman–Crippen MR) is 63.9 cm³/mol. The number of aromatic nitrogens is 3. The van der Waals surface area contributed by atoms with Crippen molar-refractivity contribution in [2.75, 3.05) is 19.4 Å². The topological polar surface area (TPSA) is 92.2 Å². The first-order valence-corrected chi connectivity index (χ1v) is 5.72. The van der Waals surface area contributed by atoms with E-state index in [1.807, 2.05) is 0 Å². The fourth-order valence-electron chi connectivity index (χ4n) is 1.28. The van der Waals surface area contributed by atoms with E-state index in [0.29, 0.717) is 11.9 Å². The van der Waals surface area contributed by atoms with E-state index < -0.39 is 0 Å². The minimum Gasteiger partial charge on any atom is -0.352 e. The lowest BCUT2D eigenvalue weighted by Gasteiger charge is -2.09. The molecule has 1 heterocycles. The van der Waals surface area contributed by atoms with Gasteiger partial charge in [0.25, 0.3) is 0 Å². The van der Waals surface area contributed by atoms with E-state index >= 15 is 0 Å². The molecule has 0 aliphatic heterocycles. The monoisotopic (exact) mass is 252 g/mol. The number of carbonyl (C=O) groups is 2. The van der Waals surface area contributed by atoms with Crippen LogP contribution in [-0.2, 0) is 11.3 Å². The van der Waals surface area contributed by atoms with Crippen LogP contribution in [0.4, 0.5) is 10.6 Å². The zero-order valence-corrected chi connectivity index (χ0v) is 10.4. The Kier molecular flexibility index (Phi) is 3.45. The van der Waals surface area contributed by atoms with Crippen LogP contribution >= 0.6 is 0 Å². The molecular formula is C10H16N6O2. The lowest BCUT2D eigenvalue weighted by atomic mass is 10.5. The normalized spacial score (nSPS) is 14.1. The van der Waals surface area contributed by atoms with Gasteiger partial charge in [0, 0.05) is 20.1 Å². The highest BCUT2D eigenvalue weighted by molar-refractivity contribution is 5.87. The Labute approximate surface area is 104 Å². The summed E-state index contributed by atoms with van der Waals surface area (Å²) in [5.74, 6) is 0.214. The van der Waals surface area contributed by atoms with Gasteiger partial charge in [0.1, 0.15) is 6.54 Å². The van der Waals surface area contributed by atoms with E-state index in [1.165, 1.54) is 15.9 Å². The summed E-state index contributed by atoms with van der Waals surface area (Å²) < 4.78 is 0. The smallest absolute Gasteiger partial charge is 0.322 e. The van der Waals surface area contributed by atoms with Gasteiger partial charge >= 0.3 is 6.03 Å². The van der Waals surface area contributed by atoms with Crippen molar-refractivity contribution in [2.24, 2.45) is 0 Å². The van der Waals surface area contributed by atoms with Crippen molar-refractivity contribution in [3.05, 3.63) is 6.20 Å². The van der Waals surface area contributed by atoms with Gasteiger partial charge in [0.2, 0.25) is 5.91 Å². The summed E-state index contributed by atoms with van der Waals surface area (Å²) >= 11 is 0. The van der Waals surface area contributed by atoms with Crippen LogP contribution in [0.3, 0.4) is 0 Å². The van der Waals surface area contributed by atoms with Crippen molar-refractivity contribution in [3.63, 3.8) is 0 Å². The van der Waals surface area contributed by atoms with Gasteiger partial charge in [-0.25, -0.2) is 4.79 Å². The molecule has 1 aromatic rings. The minimum absolute atomic E-state index is 0.0638. The van der Waals surface area contributed by atoms with Gasteiger partial charge in [-0.05, 0) is 12.8 Å². The van der Waals surface area contributed by atoms with E-state index in [0.717, 1.165) is 12.8 Å². The average molecular weight is 252 g/mol. The van der Waals surface area contributed by atoms with E-state index in [9.17, 15) is 9.59 Å². The van der Waals surface area contributed by atoms with E-state index in [4.69, 9.17) is 0 Å². The molecule has 0 aromatic carbocycles. The summed E-state index contributed by atoms with van der Waals surface area (Å²) in [5, 5.41) is 13.3. The number of anilines is 1. The molecule has 8 nitrogen and oxygen atoms in total. The molecule has 2 rings (SSSR count). The Hall–Kier alpha value is -2.12. The molecule has 18 heavy (non-hydrogen) atoms. The van der Waals surface area contributed by atoms with E-state index in [1.54, 1.807) is 14.1 Å². The molecule has 1 saturated carbocycles. The Balaban J connectivity index is 1.85. The first-order chi connectivity index (χ1) is 8.54. The maximum absolute atomic E-state index is 11.5. The summed E-state index contributed by atoms with van der Waals surface area (Å²) in [6, 6.07) is 0.0328. The summed E-state index contributed by atoms with van der Waals surface area (Å²) in [5.41, 5.74) is 0. The Morgan fingerprint density at radius 2 is 2.22 bits per heavy atom. The molecule has 8 heteroatoms. The van der Waals surface area contributed by atoms with Gasteiger partial charge in [0.15, 0.2) is 5.82 Å². The first kappa shape index (κ1) is 12.3. The van der Waals surface area contributed by atoms with Gasteiger partial charge in [-0.15, -0.1) is 5.10 Å². The quantitative estimate of drug-likeness (QED) is 0.766. The fourth-order valence-corrected chi connectivity index (χ4v) is 1.28. The van der Waals surface area contributed by atoms with Crippen molar-refractivity contribution in [1.29, 1.82) is 0 Å². The molecule has 1 aromatic heterocycles. The molecule has 0 bridgehead atoms. The van der Waals surface area contributed by atoms with Gasteiger partial charge in [0.05, 0.1) is 6.20 Å². The summed E-state index contributed by atoms with van der Waals surface area (Å²) in [6.07, 6.45) is 3.50. The molecule has 0 saturated heterocycles. The number of urea groups is 1. The lowest BCUT2D eigenvalue weighted by molar-refractivity contribution is -0.122. The number of nitrogens with zero attached hydrogens (tertiary/aromatic N) is 4. The molecule has 98 valence electrons. The third-order valence-corrected chi connectivity index (χ3v) is 2.41. The largest absolute Gasteiger partial charge is 0.352 e. The van der Waals surface area contributed by atoms with Crippen LogP contribution in [-0.4, -0.2) is 52.0 Å². The molecule has 1 aliphatic carbocycles. The third-order valence-electron chi connectivity index (χ3n) is 2.41. The van der Waals surface area contributed by atoms with Crippen LogP contribution in [0.1, 0.15) is 12.8 Å². The second-order valence-electron chi connectivity index (χ2n) is 4.43. The van der Waals surface area contributed by atoms with Gasteiger partial charge < -0.3 is 10.2 Å². The second kappa shape index (κ2) is 5.03. The molecule has 0 spiro atoms. The highest BCUT2D eigenvalue weighted by atomic mass is 16.2. The lowest BCUT2D eigenvalue weighted by Crippen LogP contribution is -2.30. The van der Waals surface area contributed by atoms with Gasteiger partial charge in [-0.2, -0.15) is 9.90 Å². The maximum Gasteiger partial charge on any atom is 0.322 e. The molecule has 0 unspecified atom stereocenters. The fraction of sp³-hybridized carbons (Fsp3) is 0.600. The molecule has 1 aliphatic rings. The summed E-state index contributed by atoms with van der Waals surface area (Å²) in [6.45, 7) is 0.0638. The molecule has 2 N–H and O–H groups in total. The number of amides is 3. The maximum atomic E-state index is 11.5. The Morgan fingerprint density at radius 3 is 2.83 bits per heavy atom. The first-order valence-electron chi connectivity index (χ1n) is 5.72. The summed E-state index contributed by atoms with van der Waals surface area (Å²) in [7, 11) is 3.26. The average Bonchev–Trinajstić information content (AvgIpc) is 2.99. The highest BCUT2D eigenvalue weighted by Crippen LogP contribution is 2.18. The van der Waals surface area contributed by atoms with Gasteiger partial charge in [-0.1, -0.05) is 0 Å². The Bertz CT molecular complexity index is 451. The Morgan fingerprint density at radius 1 is 1.50 bits per heavy atom. The third kappa shape index (κ3) is 3.44. The number of hydrogen-bond donors (Lipinski definition) is 2. The highest BCUT2D eigenvalue weighted by Gasteiger charge is 2.23. The van der Waals surface area contributed by atoms with E-state index in [2.05, 4.69) is 20.8 Å². The number of hydrogen-bond acceptors (Lipinski definition) is 4. The van der Waals surface area contributed by atoms with Crippen LogP contribution < -0.4 is 10.6 Å². The second-order valence-corrected chi connectivity index (χ2v) is 4.43. The van der Waals surface area contributed by atoms with Crippen molar-refractivity contribution >= 4 is 17.8 Å². The standard InChI is InChI=1S/C10H16N6O2/c1-15(2)10(18)13-8-5-11-16(14-8)6-9(17)12-7-3-4-7/h5,7H,3-4,6H2,1-2H3,(H,12,17)(H,13,14,18). The molecular weight excluding hydrogens is 236 g/mol. The number of rotatable bonds is 4. The predicted octanol–water partition coefficient (Wildman–Crippen LogP) is -0.350. The van der Waals surface area contributed by atoms with Crippen LogP contribution in [0.25, 0.3) is 0 Å². The van der Waals surface area contributed by atoms with Crippen molar-refractivity contribution in [1.82, 2.24) is 25.2 Å². The van der Waals surface area contributed by atoms with Crippen molar-refractivity contribution in [2.45, 2.75) is 25.4 Å². The number of nitrogens with one attached hydrogen (secondary N) is 2. The van der Waals surface area contributed by atoms with Crippen LogP contribution in [0.5, 0.6) is 0 Å². The van der Waals surface area contributed by atoms with Crippen molar-refractivity contribution < 1.29 is 9.59 Å². The van der Waals surface area contributed by atoms with Crippen LogP contribution in [0.15, 0.2) is 6.20 Å². The summed E-state index contributed by atoms with van der Waals surface area (Å²) in [4.78, 5) is 25.5. The van der Waals surface area contributed by atoms with Crippen LogP contribution in [0, 0.1) is 0 Å². The SMILES string of the molecule is CN(C)C(=O)Nc1cnn(CC(=O)NC2CC2)n1. The molecule has 0 radical (unpaired) electrons. The van der Waals surface area contributed by atoms with E-state index in [-0.39, 0.29) is 18.5 Å². The van der Waals surface area contributed by atoms with Crippen LogP contribution in [0.2, 0.25) is 0 Å². The zero-order chi connectivity index (χ0) is 13.1. The number of carbonyl (C=O) groups excluding carboxylic acids is 2. The molecule has 0 atom stereocenters. The molecule has 3 amide bonds. The van der Waals surface area contributed by atoms with Crippen molar-refractivity contribution in [3.8, 4) is 0 Å². The minimum atomic E-state index is -0.288. The van der Waals surface area contributed by atoms with Gasteiger partial charge in [-0.3, -0.25) is 10.1 Å². The zero-order valence-electron chi connectivity index (χ0n) is 10.4. The molecule has 1 fully saturated rings.